The molecule has 0 spiro atoms. The standard InChI is InChI=1S/C39H50F3N5O7/c1-36(2,3)32(44-34(49)51-9)33(48)45-46(23-26-14-18-29(19-15-26)52-39(40,41)42)24-31-30(47(38(7,8)53-31)35(50)54-37(4,5)6)21-25-12-16-27(17-13-25)28-11-10-20-43-22-28/h10-20,22,30-32H,21,23-24H2,1-9H3,(H,44,49)(H,45,48)/t30-,31-,32+/m0/s1. The number of carbonyl (C=O) groups is 3. The van der Waals surface area contributed by atoms with Crippen LogP contribution in [0.25, 0.3) is 11.1 Å². The van der Waals surface area contributed by atoms with E-state index in [-0.39, 0.29) is 13.1 Å². The minimum Gasteiger partial charge on any atom is -0.453 e. The Morgan fingerprint density at radius 2 is 1.57 bits per heavy atom. The Balaban J connectivity index is 1.70. The van der Waals surface area contributed by atoms with Crippen molar-refractivity contribution in [1.82, 2.24) is 25.6 Å². The highest BCUT2D eigenvalue weighted by Crippen LogP contribution is 2.36. The van der Waals surface area contributed by atoms with Gasteiger partial charge in [-0.15, -0.1) is 13.2 Å². The summed E-state index contributed by atoms with van der Waals surface area (Å²) in [4.78, 5) is 45.8. The van der Waals surface area contributed by atoms with Crippen molar-refractivity contribution in [3.05, 3.63) is 84.2 Å². The third-order valence-corrected chi connectivity index (χ3v) is 8.54. The molecule has 0 unspecified atom stereocenters. The molecule has 2 N–H and O–H groups in total. The Morgan fingerprint density at radius 3 is 2.11 bits per heavy atom. The molecule has 3 aromatic rings. The number of halogens is 3. The number of ether oxygens (including phenoxy) is 4. The zero-order chi connectivity index (χ0) is 40.1. The highest BCUT2D eigenvalue weighted by atomic mass is 19.4. The van der Waals surface area contributed by atoms with Crippen molar-refractivity contribution >= 4 is 18.1 Å². The first-order valence-corrected chi connectivity index (χ1v) is 17.5. The van der Waals surface area contributed by atoms with E-state index >= 15 is 0 Å². The molecule has 2 heterocycles. The molecule has 0 radical (unpaired) electrons. The second kappa shape index (κ2) is 16.6. The van der Waals surface area contributed by atoms with Gasteiger partial charge in [-0.2, -0.15) is 0 Å². The maximum atomic E-state index is 13.9. The largest absolute Gasteiger partial charge is 0.573 e. The van der Waals surface area contributed by atoms with Gasteiger partial charge in [0.15, 0.2) is 0 Å². The molecule has 54 heavy (non-hydrogen) atoms. The van der Waals surface area contributed by atoms with Crippen molar-refractivity contribution in [1.29, 1.82) is 0 Å². The molecule has 1 aliphatic rings. The summed E-state index contributed by atoms with van der Waals surface area (Å²) in [5.74, 6) is -0.978. The average molecular weight is 758 g/mol. The number of nitrogens with one attached hydrogen (secondary N) is 2. The van der Waals surface area contributed by atoms with Gasteiger partial charge in [0.1, 0.15) is 23.1 Å². The predicted molar refractivity (Wildman–Crippen MR) is 195 cm³/mol. The summed E-state index contributed by atoms with van der Waals surface area (Å²) in [5.41, 5.74) is 3.51. The first-order valence-electron chi connectivity index (χ1n) is 17.5. The minimum atomic E-state index is -4.86. The molecule has 4 rings (SSSR count). The fraction of sp³-hybridized carbons (Fsp3) is 0.487. The molecule has 0 saturated carbocycles. The molecule has 294 valence electrons. The number of carbonyl (C=O) groups excluding carboxylic acids is 3. The van der Waals surface area contributed by atoms with E-state index in [1.807, 2.05) is 36.4 Å². The third-order valence-electron chi connectivity index (χ3n) is 8.54. The number of methoxy groups -OCH3 is 1. The summed E-state index contributed by atoms with van der Waals surface area (Å²) in [5, 5.41) is 4.14. The van der Waals surface area contributed by atoms with Crippen LogP contribution in [-0.4, -0.2) is 82.5 Å². The summed E-state index contributed by atoms with van der Waals surface area (Å²) in [6.07, 6.45) is -3.16. The average Bonchev–Trinajstić information content (AvgIpc) is 3.31. The van der Waals surface area contributed by atoms with Crippen molar-refractivity contribution in [3.8, 4) is 16.9 Å². The van der Waals surface area contributed by atoms with Gasteiger partial charge in [0.25, 0.3) is 5.91 Å². The third kappa shape index (κ3) is 11.8. The van der Waals surface area contributed by atoms with Gasteiger partial charge >= 0.3 is 18.5 Å². The summed E-state index contributed by atoms with van der Waals surface area (Å²) in [6.45, 7) is 14.2. The summed E-state index contributed by atoms with van der Waals surface area (Å²) in [7, 11) is 1.19. The molecule has 12 nitrogen and oxygen atoms in total. The second-order valence-electron chi connectivity index (χ2n) is 15.6. The van der Waals surface area contributed by atoms with E-state index in [1.165, 1.54) is 31.4 Å². The molecule has 3 atom stereocenters. The quantitative estimate of drug-likeness (QED) is 0.195. The Kier molecular flexibility index (Phi) is 12.9. The van der Waals surface area contributed by atoms with Crippen LogP contribution in [-0.2, 0) is 32.0 Å². The van der Waals surface area contributed by atoms with E-state index in [0.29, 0.717) is 12.0 Å². The van der Waals surface area contributed by atoms with E-state index < -0.39 is 65.1 Å². The normalized spacial score (nSPS) is 17.8. The van der Waals surface area contributed by atoms with Crippen LogP contribution in [0.2, 0.25) is 0 Å². The lowest BCUT2D eigenvalue weighted by Gasteiger charge is -2.35. The Morgan fingerprint density at radius 1 is 0.944 bits per heavy atom. The summed E-state index contributed by atoms with van der Waals surface area (Å²) >= 11 is 0. The van der Waals surface area contributed by atoms with Crippen molar-refractivity contribution in [2.45, 2.75) is 104 Å². The monoisotopic (exact) mass is 757 g/mol. The van der Waals surface area contributed by atoms with Crippen molar-refractivity contribution in [2.75, 3.05) is 13.7 Å². The smallest absolute Gasteiger partial charge is 0.453 e. The van der Waals surface area contributed by atoms with Crippen LogP contribution in [0.4, 0.5) is 22.8 Å². The van der Waals surface area contributed by atoms with E-state index in [4.69, 9.17) is 14.2 Å². The van der Waals surface area contributed by atoms with E-state index in [0.717, 1.165) is 16.7 Å². The highest BCUT2D eigenvalue weighted by molar-refractivity contribution is 5.86. The maximum absolute atomic E-state index is 13.9. The van der Waals surface area contributed by atoms with Gasteiger partial charge < -0.3 is 24.3 Å². The van der Waals surface area contributed by atoms with Crippen molar-refractivity contribution < 1.29 is 46.5 Å². The molecular weight excluding hydrogens is 707 g/mol. The molecule has 0 aliphatic carbocycles. The number of nitrogens with zero attached hydrogens (tertiary/aromatic N) is 3. The number of alkyl carbamates (subject to hydrolysis) is 1. The Labute approximate surface area is 314 Å². The summed E-state index contributed by atoms with van der Waals surface area (Å²) in [6, 6.07) is 15.3. The van der Waals surface area contributed by atoms with Crippen LogP contribution in [0.3, 0.4) is 0 Å². The van der Waals surface area contributed by atoms with E-state index in [2.05, 4.69) is 20.5 Å². The first kappa shape index (κ1) is 41.9. The lowest BCUT2D eigenvalue weighted by atomic mass is 9.86. The number of amides is 3. The van der Waals surface area contributed by atoms with Gasteiger partial charge in [-0.25, -0.2) is 14.6 Å². The number of hydrogen-bond donors (Lipinski definition) is 2. The molecular formula is C39H50F3N5O7. The lowest BCUT2D eigenvalue weighted by molar-refractivity contribution is -0.274. The first-order chi connectivity index (χ1) is 25.0. The van der Waals surface area contributed by atoms with Crippen LogP contribution < -0.4 is 15.5 Å². The number of pyridine rings is 1. The van der Waals surface area contributed by atoms with Gasteiger partial charge in [0, 0.05) is 25.5 Å². The van der Waals surface area contributed by atoms with E-state index in [9.17, 15) is 27.6 Å². The van der Waals surface area contributed by atoms with Gasteiger partial charge in [-0.05, 0) is 86.9 Å². The van der Waals surface area contributed by atoms with Crippen LogP contribution in [0.1, 0.15) is 66.5 Å². The minimum absolute atomic E-state index is 0.00633. The van der Waals surface area contributed by atoms with E-state index in [1.54, 1.807) is 77.7 Å². The molecule has 1 saturated heterocycles. The van der Waals surface area contributed by atoms with Crippen LogP contribution in [0.5, 0.6) is 5.75 Å². The number of rotatable bonds is 11. The maximum Gasteiger partial charge on any atom is 0.573 e. The highest BCUT2D eigenvalue weighted by Gasteiger charge is 2.51. The van der Waals surface area contributed by atoms with Crippen LogP contribution >= 0.6 is 0 Å². The summed E-state index contributed by atoms with van der Waals surface area (Å²) < 4.78 is 59.9. The number of hydrazine groups is 1. The molecule has 1 aromatic heterocycles. The topological polar surface area (TPSA) is 132 Å². The Hall–Kier alpha value is -4.89. The molecule has 1 aliphatic heterocycles. The molecule has 1 fully saturated rings. The van der Waals surface area contributed by atoms with Crippen molar-refractivity contribution in [2.24, 2.45) is 5.41 Å². The number of aromatic nitrogens is 1. The number of alkyl halides is 3. The van der Waals surface area contributed by atoms with Crippen molar-refractivity contribution in [3.63, 3.8) is 0 Å². The van der Waals surface area contributed by atoms with Crippen LogP contribution in [0, 0.1) is 5.41 Å². The lowest BCUT2D eigenvalue weighted by Crippen LogP contribution is -2.58. The predicted octanol–water partition coefficient (Wildman–Crippen LogP) is 7.23. The number of benzene rings is 2. The number of hydrogen-bond acceptors (Lipinski definition) is 9. The zero-order valence-corrected chi connectivity index (χ0v) is 32.1. The van der Waals surface area contributed by atoms with Gasteiger partial charge in [0.2, 0.25) is 0 Å². The SMILES string of the molecule is COC(=O)N[C@H](C(=O)NN(Cc1ccc(OC(F)(F)F)cc1)C[C@@H]1OC(C)(C)N(C(=O)OC(C)(C)C)[C@H]1Cc1ccc(-c2cccnc2)cc1)C(C)(C)C. The molecule has 15 heteroatoms. The molecule has 2 aromatic carbocycles. The van der Waals surface area contributed by atoms with Gasteiger partial charge in [-0.1, -0.05) is 63.2 Å². The second-order valence-corrected chi connectivity index (χ2v) is 15.6. The van der Waals surface area contributed by atoms with Crippen LogP contribution in [0.15, 0.2) is 73.1 Å². The molecule has 0 bridgehead atoms. The zero-order valence-electron chi connectivity index (χ0n) is 32.1. The Bertz CT molecular complexity index is 1720. The molecule has 3 amide bonds. The fourth-order valence-corrected chi connectivity index (χ4v) is 6.18. The fourth-order valence-electron chi connectivity index (χ4n) is 6.18. The van der Waals surface area contributed by atoms with Gasteiger partial charge in [0.05, 0.1) is 19.3 Å². The van der Waals surface area contributed by atoms with Gasteiger partial charge in [-0.3, -0.25) is 20.1 Å².